The third kappa shape index (κ3) is 2.76. The van der Waals surface area contributed by atoms with E-state index in [4.69, 9.17) is 0 Å². The fourth-order valence-electron chi connectivity index (χ4n) is 4.68. The Labute approximate surface area is 173 Å². The molecule has 5 rings (SSSR count). The molecule has 0 radical (unpaired) electrons. The molecule has 1 amide bonds. The molecule has 1 aliphatic heterocycles. The lowest BCUT2D eigenvalue weighted by Crippen LogP contribution is -2.32. The summed E-state index contributed by atoms with van der Waals surface area (Å²) in [4.78, 5) is 27.3. The van der Waals surface area contributed by atoms with Gasteiger partial charge in [0.25, 0.3) is 0 Å². The minimum Gasteiger partial charge on any atom is -0.307 e. The van der Waals surface area contributed by atoms with Crippen LogP contribution in [0.1, 0.15) is 46.3 Å². The van der Waals surface area contributed by atoms with Gasteiger partial charge in [-0.2, -0.15) is 0 Å². The Kier molecular flexibility index (Phi) is 4.10. The number of carbonyl (C=O) groups is 2. The summed E-state index contributed by atoms with van der Waals surface area (Å²) in [6.45, 7) is 1.75. The zero-order valence-electron chi connectivity index (χ0n) is 16.4. The largest absolute Gasteiger partial charge is 0.307 e. The molecule has 1 heterocycles. The molecule has 2 aliphatic rings. The molecule has 30 heavy (non-hydrogen) atoms. The molecule has 1 aliphatic carbocycles. The average Bonchev–Trinajstić information content (AvgIpc) is 3.44. The van der Waals surface area contributed by atoms with Gasteiger partial charge in [0.2, 0.25) is 5.91 Å². The van der Waals surface area contributed by atoms with E-state index >= 15 is 0 Å². The maximum atomic E-state index is 13.7. The number of hydrogen-bond acceptors (Lipinski definition) is 2. The lowest BCUT2D eigenvalue weighted by atomic mass is 9.90. The van der Waals surface area contributed by atoms with Crippen LogP contribution in [0.5, 0.6) is 0 Å². The van der Waals surface area contributed by atoms with Gasteiger partial charge in [-0.3, -0.25) is 9.59 Å². The van der Waals surface area contributed by atoms with E-state index in [1.807, 2.05) is 6.07 Å². The number of hydrogen-bond donors (Lipinski definition) is 0. The summed E-state index contributed by atoms with van der Waals surface area (Å²) in [6.07, 6.45) is 0.603. The summed E-state index contributed by atoms with van der Waals surface area (Å²) in [5.41, 5.74) is 2.96. The highest BCUT2D eigenvalue weighted by molar-refractivity contribution is 6.12. The average molecular weight is 403 g/mol. The van der Waals surface area contributed by atoms with Crippen molar-refractivity contribution in [3.8, 4) is 0 Å². The second-order valence-corrected chi connectivity index (χ2v) is 8.09. The van der Waals surface area contributed by atoms with Crippen molar-refractivity contribution in [3.63, 3.8) is 0 Å². The van der Waals surface area contributed by atoms with Crippen molar-refractivity contribution in [2.45, 2.75) is 31.2 Å². The highest BCUT2D eigenvalue weighted by Crippen LogP contribution is 2.66. The number of nitrogens with zero attached hydrogens (tertiary/aromatic N) is 1. The van der Waals surface area contributed by atoms with Gasteiger partial charge in [0.1, 0.15) is 11.6 Å². The fraction of sp³-hybridized carbons (Fsp3) is 0.200. The molecule has 3 nitrogen and oxygen atoms in total. The molecule has 3 aromatic carbocycles. The molecule has 0 saturated heterocycles. The van der Waals surface area contributed by atoms with Crippen molar-refractivity contribution in [1.29, 1.82) is 0 Å². The van der Waals surface area contributed by atoms with Crippen molar-refractivity contribution in [1.82, 2.24) is 0 Å². The van der Waals surface area contributed by atoms with E-state index in [1.165, 1.54) is 31.2 Å². The maximum absolute atomic E-state index is 13.7. The Balaban J connectivity index is 1.59. The highest BCUT2D eigenvalue weighted by atomic mass is 19.1. The lowest BCUT2D eigenvalue weighted by Gasteiger charge is -2.18. The Bertz CT molecular complexity index is 1190. The van der Waals surface area contributed by atoms with Gasteiger partial charge in [0.05, 0.1) is 12.0 Å². The fourth-order valence-corrected chi connectivity index (χ4v) is 4.68. The minimum absolute atomic E-state index is 0.0585. The molecule has 0 N–H and O–H groups in total. The van der Waals surface area contributed by atoms with Crippen LogP contribution < -0.4 is 4.90 Å². The number of rotatable bonds is 4. The van der Waals surface area contributed by atoms with Crippen molar-refractivity contribution in [2.24, 2.45) is 0 Å². The molecule has 0 unspecified atom stereocenters. The summed E-state index contributed by atoms with van der Waals surface area (Å²) in [5.74, 6) is -0.876. The van der Waals surface area contributed by atoms with Gasteiger partial charge in [-0.25, -0.2) is 8.78 Å². The molecular weight excluding hydrogens is 384 g/mol. The number of ketones is 1. The molecule has 5 heteroatoms. The second-order valence-electron chi connectivity index (χ2n) is 8.09. The molecule has 150 valence electrons. The third-order valence-electron chi connectivity index (χ3n) is 6.26. The van der Waals surface area contributed by atoms with Crippen molar-refractivity contribution < 1.29 is 18.4 Å². The van der Waals surface area contributed by atoms with Crippen molar-refractivity contribution in [2.75, 3.05) is 4.90 Å². The predicted molar refractivity (Wildman–Crippen MR) is 109 cm³/mol. The van der Waals surface area contributed by atoms with Gasteiger partial charge in [-0.15, -0.1) is 0 Å². The first-order chi connectivity index (χ1) is 14.4. The van der Waals surface area contributed by atoms with E-state index in [0.717, 1.165) is 16.8 Å². The molecule has 2 atom stereocenters. The third-order valence-corrected chi connectivity index (χ3v) is 6.26. The molecule has 1 spiro atoms. The van der Waals surface area contributed by atoms with E-state index in [9.17, 15) is 18.4 Å². The summed E-state index contributed by atoms with van der Waals surface area (Å²) in [7, 11) is 0. The molecule has 3 aromatic rings. The number of fused-ring (bicyclic) bond motifs is 2. The zero-order valence-corrected chi connectivity index (χ0v) is 16.4. The van der Waals surface area contributed by atoms with Crippen molar-refractivity contribution >= 4 is 17.4 Å². The van der Waals surface area contributed by atoms with Gasteiger partial charge in [-0.1, -0.05) is 24.3 Å². The summed E-state index contributed by atoms with van der Waals surface area (Å²) >= 11 is 0. The number of amides is 1. The van der Waals surface area contributed by atoms with Crippen LogP contribution in [0, 0.1) is 11.6 Å². The Hall–Kier alpha value is -3.34. The van der Waals surface area contributed by atoms with Crippen LogP contribution in [0.15, 0.2) is 66.7 Å². The predicted octanol–water partition coefficient (Wildman–Crippen LogP) is 5.14. The van der Waals surface area contributed by atoms with E-state index in [-0.39, 0.29) is 35.8 Å². The van der Waals surface area contributed by atoms with Gasteiger partial charge in [-0.05, 0) is 72.5 Å². The van der Waals surface area contributed by atoms with E-state index in [1.54, 1.807) is 41.3 Å². The monoisotopic (exact) mass is 403 g/mol. The summed E-state index contributed by atoms with van der Waals surface area (Å²) < 4.78 is 27.1. The molecule has 0 bridgehead atoms. The molecular formula is C25H19F2NO2. The Morgan fingerprint density at radius 1 is 1.03 bits per heavy atom. The van der Waals surface area contributed by atoms with Crippen LogP contribution in [0.4, 0.5) is 14.5 Å². The van der Waals surface area contributed by atoms with E-state index in [2.05, 4.69) is 0 Å². The van der Waals surface area contributed by atoms with Gasteiger partial charge in [0.15, 0.2) is 5.78 Å². The normalized spacial score (nSPS) is 21.8. The highest BCUT2D eigenvalue weighted by Gasteiger charge is 2.67. The van der Waals surface area contributed by atoms with Gasteiger partial charge < -0.3 is 4.90 Å². The number of Topliss-reactive ketones (excluding diaryl/α,β-unsaturated/α-hetero) is 1. The van der Waals surface area contributed by atoms with Crippen LogP contribution in [-0.4, -0.2) is 11.7 Å². The lowest BCUT2D eigenvalue weighted by molar-refractivity contribution is -0.120. The van der Waals surface area contributed by atoms with E-state index < -0.39 is 5.41 Å². The number of anilines is 1. The molecule has 1 saturated carbocycles. The zero-order chi connectivity index (χ0) is 21.0. The van der Waals surface area contributed by atoms with Crippen LogP contribution in [0.3, 0.4) is 0 Å². The SMILES string of the molecule is CC(=O)c1ccc2c(c1)[C@@]1(C[C@@H]1c1ccc(F)cc1)C(=O)N2Cc1cccc(F)c1. The van der Waals surface area contributed by atoms with Crippen LogP contribution in [0.2, 0.25) is 0 Å². The van der Waals surface area contributed by atoms with Crippen LogP contribution in [-0.2, 0) is 16.8 Å². The van der Waals surface area contributed by atoms with Gasteiger partial charge in [0, 0.05) is 17.2 Å². The second kappa shape index (κ2) is 6.59. The van der Waals surface area contributed by atoms with E-state index in [0.29, 0.717) is 17.5 Å². The number of benzene rings is 3. The van der Waals surface area contributed by atoms with Gasteiger partial charge >= 0.3 is 0 Å². The number of carbonyl (C=O) groups excluding carboxylic acids is 2. The summed E-state index contributed by atoms with van der Waals surface area (Å²) in [5, 5.41) is 0. The quantitative estimate of drug-likeness (QED) is 0.566. The smallest absolute Gasteiger partial charge is 0.238 e. The minimum atomic E-state index is -0.758. The maximum Gasteiger partial charge on any atom is 0.238 e. The molecule has 0 aromatic heterocycles. The first kappa shape index (κ1) is 18.7. The first-order valence-electron chi connectivity index (χ1n) is 9.87. The first-order valence-corrected chi connectivity index (χ1v) is 9.87. The standard InChI is InChI=1S/C25H19F2NO2/c1-15(29)18-7-10-23-21(12-18)25(13-22(25)17-5-8-19(26)9-6-17)24(30)28(23)14-16-3-2-4-20(27)11-16/h2-12,22H,13-14H2,1H3/t22-,25-/m1/s1. The van der Waals surface area contributed by atoms with Crippen molar-refractivity contribution in [3.05, 3.63) is 101 Å². The number of halogens is 2. The van der Waals surface area contributed by atoms with Crippen LogP contribution in [0.25, 0.3) is 0 Å². The molecule has 1 fully saturated rings. The van der Waals surface area contributed by atoms with Crippen LogP contribution >= 0.6 is 0 Å². The Morgan fingerprint density at radius 3 is 2.50 bits per heavy atom. The topological polar surface area (TPSA) is 37.4 Å². The summed E-state index contributed by atoms with van der Waals surface area (Å²) in [6, 6.07) is 17.8. The Morgan fingerprint density at radius 2 is 1.80 bits per heavy atom.